The number of H-pyrrole nitrogens is 1. The Morgan fingerprint density at radius 3 is 2.88 bits per heavy atom. The Morgan fingerprint density at radius 2 is 2.12 bits per heavy atom. The largest absolute Gasteiger partial charge is 0.343 e. The summed E-state index contributed by atoms with van der Waals surface area (Å²) in [6, 6.07) is 6.25. The van der Waals surface area contributed by atoms with E-state index in [9.17, 15) is 9.18 Å². The number of aromatic amines is 1. The van der Waals surface area contributed by atoms with Crippen LogP contribution in [0.3, 0.4) is 0 Å². The van der Waals surface area contributed by atoms with Crippen molar-refractivity contribution in [3.05, 3.63) is 52.0 Å². The highest BCUT2D eigenvalue weighted by Gasteiger charge is 2.26. The second-order valence-electron chi connectivity index (χ2n) is 3.92. The lowest BCUT2D eigenvalue weighted by atomic mass is 10.1. The van der Waals surface area contributed by atoms with Gasteiger partial charge < -0.3 is 0 Å². The molecule has 0 amide bonds. The van der Waals surface area contributed by atoms with Crippen LogP contribution < -0.4 is 5.69 Å². The molecule has 1 N–H and O–H groups in total. The molecule has 0 saturated carbocycles. The van der Waals surface area contributed by atoms with E-state index in [-0.39, 0.29) is 17.5 Å². The lowest BCUT2D eigenvalue weighted by molar-refractivity contribution is 0.591. The average Bonchev–Trinajstić information content (AvgIpc) is 2.84. The van der Waals surface area contributed by atoms with Gasteiger partial charge in [0, 0.05) is 6.42 Å². The number of nitrogens with one attached hydrogen (secondary N) is 1. The first kappa shape index (κ1) is 9.33. The van der Waals surface area contributed by atoms with Crippen LogP contribution in [-0.2, 0) is 6.42 Å². The third-order valence-electron chi connectivity index (χ3n) is 2.99. The first-order chi connectivity index (χ1) is 7.75. The smallest absolute Gasteiger partial charge is 0.271 e. The van der Waals surface area contributed by atoms with Crippen molar-refractivity contribution in [2.75, 3.05) is 0 Å². The van der Waals surface area contributed by atoms with Crippen molar-refractivity contribution in [3.63, 3.8) is 0 Å². The van der Waals surface area contributed by atoms with Crippen LogP contribution in [-0.4, -0.2) is 14.8 Å². The van der Waals surface area contributed by atoms with E-state index in [0.29, 0.717) is 0 Å². The maximum atomic E-state index is 12.8. The minimum atomic E-state index is -0.262. The molecule has 1 aliphatic rings. The standard InChI is InChI=1S/C11H10FN3O/c12-8-3-1-7(2-4-8)9-5-6-10-13-14-11(16)15(9)10/h1-4,9H,5-6H2,(H,14,16)/t9-/m0/s1. The van der Waals surface area contributed by atoms with Crippen molar-refractivity contribution in [3.8, 4) is 0 Å². The van der Waals surface area contributed by atoms with Gasteiger partial charge in [0.05, 0.1) is 6.04 Å². The van der Waals surface area contributed by atoms with E-state index in [1.54, 1.807) is 16.7 Å². The van der Waals surface area contributed by atoms with Gasteiger partial charge in [-0.3, -0.25) is 4.57 Å². The predicted octanol–water partition coefficient (Wildman–Crippen LogP) is 1.25. The summed E-state index contributed by atoms with van der Waals surface area (Å²) < 4.78 is 14.4. The Hall–Kier alpha value is -1.91. The van der Waals surface area contributed by atoms with Crippen LogP contribution in [0.25, 0.3) is 0 Å². The third-order valence-corrected chi connectivity index (χ3v) is 2.99. The second-order valence-corrected chi connectivity index (χ2v) is 3.92. The minimum absolute atomic E-state index is 0.0122. The molecule has 0 fully saturated rings. The zero-order valence-corrected chi connectivity index (χ0v) is 8.48. The van der Waals surface area contributed by atoms with Crippen LogP contribution in [0.1, 0.15) is 23.9 Å². The molecule has 0 radical (unpaired) electrons. The highest BCUT2D eigenvalue weighted by atomic mass is 19.1. The molecule has 1 aromatic heterocycles. The highest BCUT2D eigenvalue weighted by Crippen LogP contribution is 2.28. The molecular weight excluding hydrogens is 209 g/mol. The molecule has 82 valence electrons. The number of halogens is 1. The first-order valence-corrected chi connectivity index (χ1v) is 5.17. The molecule has 3 rings (SSSR count). The number of hydrogen-bond acceptors (Lipinski definition) is 2. The lowest BCUT2D eigenvalue weighted by Crippen LogP contribution is -2.20. The third kappa shape index (κ3) is 1.28. The summed E-state index contributed by atoms with van der Waals surface area (Å²) in [7, 11) is 0. The van der Waals surface area contributed by atoms with E-state index >= 15 is 0 Å². The fourth-order valence-corrected chi connectivity index (χ4v) is 2.23. The van der Waals surface area contributed by atoms with Crippen LogP contribution in [0.2, 0.25) is 0 Å². The zero-order chi connectivity index (χ0) is 11.1. The average molecular weight is 219 g/mol. The summed E-state index contributed by atoms with van der Waals surface area (Å²) in [5.74, 6) is 0.515. The van der Waals surface area contributed by atoms with Gasteiger partial charge in [0.25, 0.3) is 0 Å². The molecule has 0 saturated heterocycles. The van der Waals surface area contributed by atoms with Crippen LogP contribution in [0.4, 0.5) is 4.39 Å². The van der Waals surface area contributed by atoms with Gasteiger partial charge in [-0.15, -0.1) is 0 Å². The van der Waals surface area contributed by atoms with Gasteiger partial charge in [0.2, 0.25) is 0 Å². The van der Waals surface area contributed by atoms with Gasteiger partial charge in [0.1, 0.15) is 11.6 Å². The van der Waals surface area contributed by atoms with E-state index in [1.807, 2.05) is 0 Å². The molecule has 1 atom stereocenters. The predicted molar refractivity (Wildman–Crippen MR) is 55.7 cm³/mol. The summed E-state index contributed by atoms with van der Waals surface area (Å²) in [5.41, 5.74) is 0.755. The van der Waals surface area contributed by atoms with E-state index in [0.717, 1.165) is 24.2 Å². The van der Waals surface area contributed by atoms with Crippen LogP contribution in [0.15, 0.2) is 29.1 Å². The molecule has 1 aromatic carbocycles. The Labute approximate surface area is 90.7 Å². The first-order valence-electron chi connectivity index (χ1n) is 5.17. The molecule has 0 unspecified atom stereocenters. The van der Waals surface area contributed by atoms with E-state index in [2.05, 4.69) is 10.2 Å². The van der Waals surface area contributed by atoms with E-state index in [4.69, 9.17) is 0 Å². The number of rotatable bonds is 1. The monoisotopic (exact) mass is 219 g/mol. The Balaban J connectivity index is 2.07. The van der Waals surface area contributed by atoms with Crippen molar-refractivity contribution in [1.29, 1.82) is 0 Å². The number of nitrogens with zero attached hydrogens (tertiary/aromatic N) is 2. The second kappa shape index (κ2) is 3.30. The van der Waals surface area contributed by atoms with E-state index < -0.39 is 0 Å². The van der Waals surface area contributed by atoms with E-state index in [1.165, 1.54) is 12.1 Å². The molecule has 4 nitrogen and oxygen atoms in total. The highest BCUT2D eigenvalue weighted by molar-refractivity contribution is 5.23. The summed E-state index contributed by atoms with van der Waals surface area (Å²) in [5, 5.41) is 6.37. The SMILES string of the molecule is O=c1[nH]nc2n1[C@H](c1ccc(F)cc1)CC2. The fourth-order valence-electron chi connectivity index (χ4n) is 2.23. The molecule has 5 heteroatoms. The molecule has 2 aromatic rings. The molecule has 0 spiro atoms. The number of aryl methyl sites for hydroxylation is 1. The van der Waals surface area contributed by atoms with Crippen molar-refractivity contribution in [1.82, 2.24) is 14.8 Å². The Kier molecular flexibility index (Phi) is 1.92. The van der Waals surface area contributed by atoms with Crippen LogP contribution >= 0.6 is 0 Å². The minimum Gasteiger partial charge on any atom is -0.271 e. The maximum Gasteiger partial charge on any atom is 0.343 e. The molecular formula is C11H10FN3O. The topological polar surface area (TPSA) is 50.7 Å². The van der Waals surface area contributed by atoms with Gasteiger partial charge in [-0.25, -0.2) is 14.3 Å². The summed E-state index contributed by atoms with van der Waals surface area (Å²) in [6.45, 7) is 0. The number of fused-ring (bicyclic) bond motifs is 1. The molecule has 1 aliphatic heterocycles. The van der Waals surface area contributed by atoms with Gasteiger partial charge in [-0.1, -0.05) is 12.1 Å². The Bertz CT molecular complexity index is 570. The molecule has 2 heterocycles. The summed E-state index contributed by atoms with van der Waals surface area (Å²) in [4.78, 5) is 11.5. The van der Waals surface area contributed by atoms with Crippen molar-refractivity contribution >= 4 is 0 Å². The zero-order valence-electron chi connectivity index (χ0n) is 8.48. The van der Waals surface area contributed by atoms with Gasteiger partial charge in [-0.2, -0.15) is 5.10 Å². The normalized spacial score (nSPS) is 18.7. The molecule has 0 aliphatic carbocycles. The summed E-state index contributed by atoms with van der Waals surface area (Å²) in [6.07, 6.45) is 1.62. The lowest BCUT2D eigenvalue weighted by Gasteiger charge is -2.11. The maximum absolute atomic E-state index is 12.8. The number of benzene rings is 1. The number of hydrogen-bond donors (Lipinski definition) is 1. The molecule has 16 heavy (non-hydrogen) atoms. The number of aromatic nitrogens is 3. The van der Waals surface area contributed by atoms with Crippen LogP contribution in [0.5, 0.6) is 0 Å². The van der Waals surface area contributed by atoms with Crippen molar-refractivity contribution in [2.24, 2.45) is 0 Å². The fraction of sp³-hybridized carbons (Fsp3) is 0.273. The molecule has 0 bridgehead atoms. The quantitative estimate of drug-likeness (QED) is 0.784. The summed E-state index contributed by atoms with van der Waals surface area (Å²) >= 11 is 0. The Morgan fingerprint density at radius 1 is 1.38 bits per heavy atom. The van der Waals surface area contributed by atoms with Gasteiger partial charge >= 0.3 is 5.69 Å². The van der Waals surface area contributed by atoms with Gasteiger partial charge in [-0.05, 0) is 24.1 Å². The van der Waals surface area contributed by atoms with Crippen molar-refractivity contribution in [2.45, 2.75) is 18.9 Å². The van der Waals surface area contributed by atoms with Crippen LogP contribution in [0, 0.1) is 5.82 Å². The van der Waals surface area contributed by atoms with Crippen molar-refractivity contribution < 1.29 is 4.39 Å². The van der Waals surface area contributed by atoms with Gasteiger partial charge in [0.15, 0.2) is 0 Å².